The SMILES string of the molecule is COc1c(N)cc(C2OCCO2)cc1OC(C)=O. The number of carbonyl (C=O) groups is 1. The second kappa shape index (κ2) is 5.24. The summed E-state index contributed by atoms with van der Waals surface area (Å²) in [5.74, 6) is 0.143. The van der Waals surface area contributed by atoms with Crippen LogP contribution in [0.15, 0.2) is 12.1 Å². The first-order valence-corrected chi connectivity index (χ1v) is 5.51. The lowest BCUT2D eigenvalue weighted by molar-refractivity contribution is -0.132. The fourth-order valence-electron chi connectivity index (χ4n) is 1.78. The van der Waals surface area contributed by atoms with E-state index in [1.54, 1.807) is 12.1 Å². The number of hydrogen-bond donors (Lipinski definition) is 1. The van der Waals surface area contributed by atoms with Crippen LogP contribution in [0.2, 0.25) is 0 Å². The van der Waals surface area contributed by atoms with Gasteiger partial charge in [-0.15, -0.1) is 0 Å². The van der Waals surface area contributed by atoms with Crippen molar-refractivity contribution in [2.24, 2.45) is 0 Å². The third-order valence-corrected chi connectivity index (χ3v) is 2.46. The first-order chi connectivity index (χ1) is 8.61. The number of anilines is 1. The van der Waals surface area contributed by atoms with Crippen LogP contribution in [0.3, 0.4) is 0 Å². The highest BCUT2D eigenvalue weighted by atomic mass is 16.7. The normalized spacial score (nSPS) is 15.7. The van der Waals surface area contributed by atoms with Gasteiger partial charge in [0.15, 0.2) is 17.8 Å². The third kappa shape index (κ3) is 2.55. The molecule has 6 heteroatoms. The van der Waals surface area contributed by atoms with Gasteiger partial charge < -0.3 is 24.7 Å². The average Bonchev–Trinajstić information content (AvgIpc) is 2.81. The number of carbonyl (C=O) groups excluding carboxylic acids is 1. The van der Waals surface area contributed by atoms with E-state index in [1.807, 2.05) is 0 Å². The average molecular weight is 253 g/mol. The molecule has 2 N–H and O–H groups in total. The smallest absolute Gasteiger partial charge is 0.308 e. The number of ether oxygens (including phenoxy) is 4. The summed E-state index contributed by atoms with van der Waals surface area (Å²) in [6, 6.07) is 3.31. The van der Waals surface area contributed by atoms with Gasteiger partial charge in [0.05, 0.1) is 26.0 Å². The van der Waals surface area contributed by atoms with Gasteiger partial charge in [-0.05, 0) is 12.1 Å². The Labute approximate surface area is 105 Å². The van der Waals surface area contributed by atoms with Crippen LogP contribution < -0.4 is 15.2 Å². The summed E-state index contributed by atoms with van der Waals surface area (Å²) in [6.45, 7) is 2.36. The molecule has 1 fully saturated rings. The number of esters is 1. The van der Waals surface area contributed by atoms with Gasteiger partial charge in [0.1, 0.15) is 0 Å². The molecule has 0 bridgehead atoms. The van der Waals surface area contributed by atoms with E-state index in [1.165, 1.54) is 14.0 Å². The van der Waals surface area contributed by atoms with Crippen LogP contribution in [0.4, 0.5) is 5.69 Å². The molecule has 1 aromatic carbocycles. The predicted octanol–water partition coefficient (Wildman–Crippen LogP) is 1.25. The molecule has 0 radical (unpaired) electrons. The standard InChI is InChI=1S/C12H15NO5/c1-7(14)18-10-6-8(12-16-3-4-17-12)5-9(13)11(10)15-2/h5-6,12H,3-4,13H2,1-2H3. The van der Waals surface area contributed by atoms with E-state index in [9.17, 15) is 4.79 Å². The Balaban J connectivity index is 2.37. The molecule has 6 nitrogen and oxygen atoms in total. The lowest BCUT2D eigenvalue weighted by atomic mass is 10.1. The van der Waals surface area contributed by atoms with E-state index in [-0.39, 0.29) is 5.75 Å². The van der Waals surface area contributed by atoms with Gasteiger partial charge in [0, 0.05) is 12.5 Å². The van der Waals surface area contributed by atoms with E-state index in [0.717, 1.165) is 0 Å². The number of nitrogen functional groups attached to an aromatic ring is 1. The van der Waals surface area contributed by atoms with E-state index >= 15 is 0 Å². The molecular formula is C12H15NO5. The second-order valence-electron chi connectivity index (χ2n) is 3.81. The predicted molar refractivity (Wildman–Crippen MR) is 63.4 cm³/mol. The molecule has 0 saturated carbocycles. The number of benzene rings is 1. The van der Waals surface area contributed by atoms with Gasteiger partial charge in [-0.1, -0.05) is 0 Å². The van der Waals surface area contributed by atoms with Crippen LogP contribution in [-0.2, 0) is 14.3 Å². The minimum absolute atomic E-state index is 0.263. The summed E-state index contributed by atoms with van der Waals surface area (Å²) in [6.07, 6.45) is -0.479. The summed E-state index contributed by atoms with van der Waals surface area (Å²) in [4.78, 5) is 11.0. The fourth-order valence-corrected chi connectivity index (χ4v) is 1.78. The van der Waals surface area contributed by atoms with Gasteiger partial charge >= 0.3 is 5.97 Å². The summed E-state index contributed by atoms with van der Waals surface area (Å²) < 4.78 is 20.9. The number of methoxy groups -OCH3 is 1. The Morgan fingerprint density at radius 3 is 2.61 bits per heavy atom. The maximum absolute atomic E-state index is 11.0. The Kier molecular flexibility index (Phi) is 3.69. The molecule has 0 amide bonds. The molecule has 1 heterocycles. The second-order valence-corrected chi connectivity index (χ2v) is 3.81. The first-order valence-electron chi connectivity index (χ1n) is 5.51. The molecule has 0 unspecified atom stereocenters. The topological polar surface area (TPSA) is 80.0 Å². The van der Waals surface area contributed by atoms with Crippen LogP contribution in [0.1, 0.15) is 18.8 Å². The zero-order chi connectivity index (χ0) is 13.1. The molecular weight excluding hydrogens is 238 g/mol. The minimum Gasteiger partial charge on any atom is -0.491 e. The summed E-state index contributed by atoms with van der Waals surface area (Å²) in [5.41, 5.74) is 6.91. The molecule has 1 saturated heterocycles. The molecule has 0 aromatic heterocycles. The lowest BCUT2D eigenvalue weighted by Crippen LogP contribution is -2.07. The van der Waals surface area contributed by atoms with Gasteiger partial charge in [-0.2, -0.15) is 0 Å². The van der Waals surface area contributed by atoms with E-state index in [2.05, 4.69) is 0 Å². The Bertz CT molecular complexity index is 454. The Hall–Kier alpha value is -1.79. The zero-order valence-corrected chi connectivity index (χ0v) is 10.3. The van der Waals surface area contributed by atoms with Crippen molar-refractivity contribution in [3.8, 4) is 11.5 Å². The zero-order valence-electron chi connectivity index (χ0n) is 10.3. The maximum Gasteiger partial charge on any atom is 0.308 e. The van der Waals surface area contributed by atoms with Crippen LogP contribution in [0.5, 0.6) is 11.5 Å². The van der Waals surface area contributed by atoms with Crippen molar-refractivity contribution < 1.29 is 23.7 Å². The molecule has 98 valence electrons. The molecule has 1 aliphatic rings. The van der Waals surface area contributed by atoms with Crippen molar-refractivity contribution in [3.63, 3.8) is 0 Å². The van der Waals surface area contributed by atoms with Gasteiger partial charge in [0.25, 0.3) is 0 Å². The molecule has 0 spiro atoms. The van der Waals surface area contributed by atoms with E-state index in [4.69, 9.17) is 24.7 Å². The van der Waals surface area contributed by atoms with Crippen LogP contribution in [-0.4, -0.2) is 26.3 Å². The van der Waals surface area contributed by atoms with Gasteiger partial charge in [-0.3, -0.25) is 4.79 Å². The minimum atomic E-state index is -0.479. The molecule has 18 heavy (non-hydrogen) atoms. The molecule has 0 aliphatic carbocycles. The van der Waals surface area contributed by atoms with Crippen molar-refractivity contribution in [1.29, 1.82) is 0 Å². The van der Waals surface area contributed by atoms with Crippen molar-refractivity contribution in [2.75, 3.05) is 26.1 Å². The largest absolute Gasteiger partial charge is 0.491 e. The number of nitrogens with two attached hydrogens (primary N) is 1. The van der Waals surface area contributed by atoms with Gasteiger partial charge in [0.2, 0.25) is 0 Å². The van der Waals surface area contributed by atoms with Crippen molar-refractivity contribution in [2.45, 2.75) is 13.2 Å². The number of hydrogen-bond acceptors (Lipinski definition) is 6. The monoisotopic (exact) mass is 253 g/mol. The van der Waals surface area contributed by atoms with Crippen molar-refractivity contribution in [1.82, 2.24) is 0 Å². The molecule has 1 aliphatic heterocycles. The molecule has 2 rings (SSSR count). The van der Waals surface area contributed by atoms with Crippen LogP contribution in [0.25, 0.3) is 0 Å². The van der Waals surface area contributed by atoms with Crippen molar-refractivity contribution >= 4 is 11.7 Å². The maximum atomic E-state index is 11.0. The first kappa shape index (κ1) is 12.7. The molecule has 1 aromatic rings. The lowest BCUT2D eigenvalue weighted by Gasteiger charge is -2.15. The highest BCUT2D eigenvalue weighted by Crippen LogP contribution is 2.38. The van der Waals surface area contributed by atoms with Gasteiger partial charge in [-0.25, -0.2) is 0 Å². The highest BCUT2D eigenvalue weighted by molar-refractivity contribution is 5.73. The summed E-state index contributed by atoms with van der Waals surface area (Å²) in [5, 5.41) is 0. The third-order valence-electron chi connectivity index (χ3n) is 2.46. The Morgan fingerprint density at radius 1 is 1.39 bits per heavy atom. The quantitative estimate of drug-likeness (QED) is 0.496. The highest BCUT2D eigenvalue weighted by Gasteiger charge is 2.22. The van der Waals surface area contributed by atoms with Crippen molar-refractivity contribution in [3.05, 3.63) is 17.7 Å². The van der Waals surface area contributed by atoms with Crippen LogP contribution in [0, 0.1) is 0 Å². The fraction of sp³-hybridized carbons (Fsp3) is 0.417. The summed E-state index contributed by atoms with van der Waals surface area (Å²) >= 11 is 0. The molecule has 0 atom stereocenters. The van der Waals surface area contributed by atoms with E-state index < -0.39 is 12.3 Å². The number of rotatable bonds is 3. The summed E-state index contributed by atoms with van der Waals surface area (Å²) in [7, 11) is 1.46. The van der Waals surface area contributed by atoms with E-state index in [0.29, 0.717) is 30.2 Å². The Morgan fingerprint density at radius 2 is 2.06 bits per heavy atom. The van der Waals surface area contributed by atoms with Crippen LogP contribution >= 0.6 is 0 Å².